The zero-order chi connectivity index (χ0) is 4.04. The maximum absolute atomic E-state index is 3.26. The van der Waals surface area contributed by atoms with Crippen molar-refractivity contribution in [1.29, 1.82) is 0 Å². The van der Waals surface area contributed by atoms with Gasteiger partial charge in [0.15, 0.2) is 0 Å². The summed E-state index contributed by atoms with van der Waals surface area (Å²) in [5, 5.41) is 3.26. The molecule has 0 aromatic rings. The van der Waals surface area contributed by atoms with Crippen LogP contribution in [0.1, 0.15) is 14.3 Å². The molecule has 1 aliphatic carbocycles. The molecule has 1 saturated carbocycles. The number of rotatable bonds is 0. The topological polar surface area (TPSA) is 12.0 Å². The maximum atomic E-state index is 3.26. The Morgan fingerprint density at radius 3 is 2.00 bits per heavy atom. The average molecular weight is 85.1 g/mol. The summed E-state index contributed by atoms with van der Waals surface area (Å²) in [6.07, 6.45) is 3.00. The van der Waals surface area contributed by atoms with Gasteiger partial charge in [0, 0.05) is 14.5 Å². The van der Waals surface area contributed by atoms with E-state index in [4.69, 9.17) is 0 Å². The van der Waals surface area contributed by atoms with Gasteiger partial charge < -0.3 is 5.32 Å². The molecule has 1 aliphatic heterocycles. The highest BCUT2D eigenvalue weighted by molar-refractivity contribution is 5.03. The minimum Gasteiger partial charge on any atom is -0.316 e. The van der Waals surface area contributed by atoms with E-state index in [0.717, 1.165) is 5.41 Å². The summed E-state index contributed by atoms with van der Waals surface area (Å²) in [5.41, 5.74) is 0.861. The first-order chi connectivity index (χ1) is 2.91. The smallest absolute Gasteiger partial charge is 0.00202 e. The van der Waals surface area contributed by atoms with Gasteiger partial charge in [0.05, 0.1) is 0 Å². The second-order valence-corrected chi connectivity index (χ2v) is 2.60. The van der Waals surface area contributed by atoms with Gasteiger partial charge >= 0.3 is 0 Å². The summed E-state index contributed by atoms with van der Waals surface area (Å²) in [6.45, 7) is 2.62. The molecule has 1 N–H and O–H groups in total. The van der Waals surface area contributed by atoms with Crippen molar-refractivity contribution < 1.29 is 1.43 Å². The van der Waals surface area contributed by atoms with Crippen molar-refractivity contribution in [2.75, 3.05) is 13.1 Å². The van der Waals surface area contributed by atoms with Crippen LogP contribution in [-0.4, -0.2) is 13.1 Å². The Bertz CT molecular complexity index is 72.1. The van der Waals surface area contributed by atoms with Crippen molar-refractivity contribution in [3.8, 4) is 0 Å². The molecule has 6 heavy (non-hydrogen) atoms. The third kappa shape index (κ3) is 0.207. The molecule has 0 unspecified atom stereocenters. The Morgan fingerprint density at radius 1 is 1.33 bits per heavy atom. The summed E-state index contributed by atoms with van der Waals surface area (Å²) in [6, 6.07) is 0. The van der Waals surface area contributed by atoms with Crippen LogP contribution in [0.4, 0.5) is 0 Å². The summed E-state index contributed by atoms with van der Waals surface area (Å²) in [5.74, 6) is 0. The van der Waals surface area contributed by atoms with Gasteiger partial charge in [0.25, 0.3) is 0 Å². The molecule has 0 aromatic carbocycles. The zero-order valence-electron chi connectivity index (χ0n) is 3.83. The molecule has 36 valence electrons. The van der Waals surface area contributed by atoms with Crippen molar-refractivity contribution in [1.82, 2.24) is 5.32 Å². The Kier molecular flexibility index (Phi) is 0.327. The fourth-order valence-electron chi connectivity index (χ4n) is 1.01. The largest absolute Gasteiger partial charge is 0.316 e. The first-order valence-electron chi connectivity index (χ1n) is 2.62. The molecular formula is C5H11N. The predicted molar refractivity (Wildman–Crippen MR) is 26.7 cm³/mol. The molecule has 0 radical (unpaired) electrons. The highest BCUT2D eigenvalue weighted by atomic mass is 15.0. The molecule has 0 amide bonds. The summed E-state index contributed by atoms with van der Waals surface area (Å²) in [7, 11) is 0. The summed E-state index contributed by atoms with van der Waals surface area (Å²) < 4.78 is 0. The molecule has 1 heterocycles. The van der Waals surface area contributed by atoms with E-state index in [0.29, 0.717) is 0 Å². The van der Waals surface area contributed by atoms with Crippen molar-refractivity contribution >= 4 is 0 Å². The fourth-order valence-corrected chi connectivity index (χ4v) is 1.01. The van der Waals surface area contributed by atoms with Crippen LogP contribution in [0.2, 0.25) is 0 Å². The van der Waals surface area contributed by atoms with Gasteiger partial charge in [-0.15, -0.1) is 0 Å². The fraction of sp³-hybridized carbons (Fsp3) is 1.00. The van der Waals surface area contributed by atoms with E-state index in [2.05, 4.69) is 5.32 Å². The lowest BCUT2D eigenvalue weighted by molar-refractivity contribution is 0.324. The van der Waals surface area contributed by atoms with Crippen LogP contribution >= 0.6 is 0 Å². The Labute approximate surface area is 39.2 Å². The molecule has 2 rings (SSSR count). The Balaban J connectivity index is 0.000000245. The first-order valence-corrected chi connectivity index (χ1v) is 2.62. The minimum absolute atomic E-state index is 0. The van der Waals surface area contributed by atoms with Gasteiger partial charge in [-0.25, -0.2) is 0 Å². The Hall–Kier alpha value is -0.0400. The van der Waals surface area contributed by atoms with Crippen LogP contribution in [0.5, 0.6) is 0 Å². The molecule has 0 atom stereocenters. The zero-order valence-corrected chi connectivity index (χ0v) is 3.83. The number of hydrogen-bond acceptors (Lipinski definition) is 1. The van der Waals surface area contributed by atoms with Gasteiger partial charge in [-0.1, -0.05) is 0 Å². The lowest BCUT2D eigenvalue weighted by atomic mass is 10.0. The molecule has 2 aliphatic rings. The van der Waals surface area contributed by atoms with Gasteiger partial charge in [0.1, 0.15) is 0 Å². The van der Waals surface area contributed by atoms with Gasteiger partial charge in [0.2, 0.25) is 0 Å². The second-order valence-electron chi connectivity index (χ2n) is 2.60. The lowest BCUT2D eigenvalue weighted by Gasteiger charge is -2.26. The molecular weight excluding hydrogens is 74.1 g/mol. The normalized spacial score (nSPS) is 36.0. The summed E-state index contributed by atoms with van der Waals surface area (Å²) in [4.78, 5) is 0. The monoisotopic (exact) mass is 85.1 g/mol. The standard InChI is InChI=1S/C5H9N.H2/c1-2-5(1)3-6-4-5;/h6H,1-4H2;1H. The third-order valence-electron chi connectivity index (χ3n) is 1.96. The maximum Gasteiger partial charge on any atom is 0.00202 e. The van der Waals surface area contributed by atoms with Crippen molar-refractivity contribution in [2.24, 2.45) is 5.41 Å². The predicted octanol–water partition coefficient (Wildman–Crippen LogP) is 0.616. The van der Waals surface area contributed by atoms with Gasteiger partial charge in [-0.05, 0) is 18.3 Å². The van der Waals surface area contributed by atoms with Crippen molar-refractivity contribution in [3.63, 3.8) is 0 Å². The number of nitrogens with one attached hydrogen (secondary N) is 1. The van der Waals surface area contributed by atoms with Crippen LogP contribution in [0.15, 0.2) is 0 Å². The van der Waals surface area contributed by atoms with E-state index in [-0.39, 0.29) is 1.43 Å². The van der Waals surface area contributed by atoms with E-state index in [1.807, 2.05) is 0 Å². The second kappa shape index (κ2) is 0.648. The van der Waals surface area contributed by atoms with Crippen LogP contribution in [-0.2, 0) is 0 Å². The van der Waals surface area contributed by atoms with Crippen molar-refractivity contribution in [3.05, 3.63) is 0 Å². The molecule has 0 aromatic heterocycles. The van der Waals surface area contributed by atoms with Crippen molar-refractivity contribution in [2.45, 2.75) is 12.8 Å². The van der Waals surface area contributed by atoms with E-state index in [9.17, 15) is 0 Å². The van der Waals surface area contributed by atoms with E-state index in [1.54, 1.807) is 0 Å². The van der Waals surface area contributed by atoms with Gasteiger partial charge in [-0.2, -0.15) is 0 Å². The average Bonchev–Trinajstić information content (AvgIpc) is 2.02. The molecule has 0 bridgehead atoms. The SMILES string of the molecule is C1CC12CNC2.[HH]. The highest BCUT2D eigenvalue weighted by Gasteiger charge is 2.47. The van der Waals surface area contributed by atoms with Crippen LogP contribution in [0.25, 0.3) is 0 Å². The molecule has 1 spiro atoms. The van der Waals surface area contributed by atoms with E-state index in [1.165, 1.54) is 25.9 Å². The number of hydrogen-bond donors (Lipinski definition) is 1. The quantitative estimate of drug-likeness (QED) is 0.454. The first kappa shape index (κ1) is 3.03. The minimum atomic E-state index is 0. The summed E-state index contributed by atoms with van der Waals surface area (Å²) >= 11 is 0. The van der Waals surface area contributed by atoms with E-state index >= 15 is 0 Å². The molecule has 1 heteroatoms. The Morgan fingerprint density at radius 2 is 2.00 bits per heavy atom. The molecule has 2 fully saturated rings. The highest BCUT2D eigenvalue weighted by Crippen LogP contribution is 2.48. The lowest BCUT2D eigenvalue weighted by Crippen LogP contribution is -2.43. The third-order valence-corrected chi connectivity index (χ3v) is 1.96. The van der Waals surface area contributed by atoms with Crippen LogP contribution in [0, 0.1) is 5.41 Å². The molecule has 1 nitrogen and oxygen atoms in total. The van der Waals surface area contributed by atoms with Crippen LogP contribution in [0.3, 0.4) is 0 Å². The molecule has 1 saturated heterocycles. The van der Waals surface area contributed by atoms with E-state index < -0.39 is 0 Å². The van der Waals surface area contributed by atoms with Crippen LogP contribution < -0.4 is 5.32 Å². The van der Waals surface area contributed by atoms with Gasteiger partial charge in [-0.3, -0.25) is 0 Å².